The van der Waals surface area contributed by atoms with Crippen LogP contribution < -0.4 is 0 Å². The van der Waals surface area contributed by atoms with Gasteiger partial charge in [0.05, 0.1) is 0 Å². The van der Waals surface area contributed by atoms with Crippen molar-refractivity contribution in [1.29, 1.82) is 0 Å². The normalized spacial score (nSPS) is 12.1. The lowest BCUT2D eigenvalue weighted by Gasteiger charge is -2.18. The van der Waals surface area contributed by atoms with E-state index >= 15 is 0 Å². The van der Waals surface area contributed by atoms with Crippen LogP contribution in [0, 0.1) is 0 Å². The van der Waals surface area contributed by atoms with Crippen LogP contribution in [0.2, 0.25) is 0 Å². The van der Waals surface area contributed by atoms with E-state index < -0.39 is 0 Å². The Labute approximate surface area is 314 Å². The van der Waals surface area contributed by atoms with Gasteiger partial charge >= 0.3 is 0 Å². The number of para-hydroxylation sites is 1. The van der Waals surface area contributed by atoms with Crippen LogP contribution in [0.25, 0.3) is 119 Å². The number of hydrogen-bond donors (Lipinski definition) is 0. The van der Waals surface area contributed by atoms with Crippen LogP contribution in [-0.4, -0.2) is 0 Å². The summed E-state index contributed by atoms with van der Waals surface area (Å²) in [4.78, 5) is 0. The van der Waals surface area contributed by atoms with Crippen LogP contribution in [0.4, 0.5) is 0 Å². The van der Waals surface area contributed by atoms with Gasteiger partial charge in [0.2, 0.25) is 0 Å². The Balaban J connectivity index is 0.957. The fraction of sp³-hybridized carbons (Fsp3) is 0. The molecule has 54 heavy (non-hydrogen) atoms. The molecule has 0 radical (unpaired) electrons. The summed E-state index contributed by atoms with van der Waals surface area (Å²) < 4.78 is 8.82. The van der Waals surface area contributed by atoms with Crippen LogP contribution in [0.15, 0.2) is 186 Å². The number of thiophene rings is 1. The third-order valence-corrected chi connectivity index (χ3v) is 12.6. The average molecular weight is 703 g/mol. The minimum absolute atomic E-state index is 0.942. The van der Waals surface area contributed by atoms with E-state index in [1.54, 1.807) is 0 Å². The molecule has 1 nitrogen and oxygen atoms in total. The predicted octanol–water partition coefficient (Wildman–Crippen LogP) is 15.6. The zero-order valence-electron chi connectivity index (χ0n) is 29.1. The number of hydrogen-bond acceptors (Lipinski definition) is 2. The van der Waals surface area contributed by atoms with Gasteiger partial charge in [0.15, 0.2) is 0 Å². The first-order valence-electron chi connectivity index (χ1n) is 18.5. The van der Waals surface area contributed by atoms with Gasteiger partial charge in [-0.1, -0.05) is 146 Å². The fourth-order valence-electron chi connectivity index (χ4n) is 8.90. The first-order valence-corrected chi connectivity index (χ1v) is 19.3. The summed E-state index contributed by atoms with van der Waals surface area (Å²) in [7, 11) is 0. The lowest BCUT2D eigenvalue weighted by Crippen LogP contribution is -1.90. The van der Waals surface area contributed by atoms with E-state index in [0.717, 1.165) is 11.2 Å². The van der Waals surface area contributed by atoms with Gasteiger partial charge in [-0.3, -0.25) is 0 Å². The Morgan fingerprint density at radius 2 is 0.833 bits per heavy atom. The number of rotatable bonds is 3. The van der Waals surface area contributed by atoms with Gasteiger partial charge in [-0.15, -0.1) is 11.3 Å². The third kappa shape index (κ3) is 4.38. The summed E-state index contributed by atoms with van der Waals surface area (Å²) in [6.45, 7) is 0. The predicted molar refractivity (Wildman–Crippen MR) is 233 cm³/mol. The summed E-state index contributed by atoms with van der Waals surface area (Å²) in [5.41, 5.74) is 9.41. The Hall–Kier alpha value is -6.74. The SMILES string of the molecule is c1ccc(-c2c3ccccc3c(-c3ccc4cc(-c5ccc6c(ccc7c8cc9c(cc8sc67)oc6ccccc69)c5)ccc4c3)c3ccccc23)cc1. The van der Waals surface area contributed by atoms with Crippen LogP contribution >= 0.6 is 11.3 Å². The van der Waals surface area contributed by atoms with E-state index in [0.29, 0.717) is 0 Å². The topological polar surface area (TPSA) is 13.1 Å². The standard InChI is InChI=1S/C52H30OS/c1-2-10-31(11-3-1)50-40-13-4-6-15-42(40)51(43-16-7-5-14-41(43)50)37-21-20-33-26-32(18-19-34(33)28-37)35-22-24-38-36(27-35)23-25-44-46-29-45-39-12-8-9-17-47(39)53-48(45)30-49(46)54-52(38)44/h1-30H. The molecule has 0 bridgehead atoms. The molecule has 0 N–H and O–H groups in total. The van der Waals surface area contributed by atoms with Crippen molar-refractivity contribution in [3.8, 4) is 33.4 Å². The van der Waals surface area contributed by atoms with Crippen LogP contribution in [0.5, 0.6) is 0 Å². The molecule has 2 heterocycles. The summed E-state index contributed by atoms with van der Waals surface area (Å²) >= 11 is 1.86. The molecule has 10 aromatic carbocycles. The Kier molecular flexibility index (Phi) is 6.28. The van der Waals surface area contributed by atoms with E-state index in [9.17, 15) is 0 Å². The average Bonchev–Trinajstić information content (AvgIpc) is 3.79. The van der Waals surface area contributed by atoms with Crippen molar-refractivity contribution in [3.63, 3.8) is 0 Å². The van der Waals surface area contributed by atoms with Gasteiger partial charge in [-0.25, -0.2) is 0 Å². The quantitative estimate of drug-likeness (QED) is 0.167. The monoisotopic (exact) mass is 702 g/mol. The zero-order chi connectivity index (χ0) is 35.3. The highest BCUT2D eigenvalue weighted by atomic mass is 32.1. The molecule has 0 unspecified atom stereocenters. The molecule has 0 atom stereocenters. The molecule has 0 amide bonds. The van der Waals surface area contributed by atoms with Crippen LogP contribution in [-0.2, 0) is 0 Å². The van der Waals surface area contributed by atoms with Gasteiger partial charge in [0.1, 0.15) is 11.2 Å². The Bertz CT molecular complexity index is 3440. The largest absolute Gasteiger partial charge is 0.456 e. The molecular weight excluding hydrogens is 673 g/mol. The lowest BCUT2D eigenvalue weighted by molar-refractivity contribution is 0.669. The van der Waals surface area contributed by atoms with Crippen LogP contribution in [0.1, 0.15) is 0 Å². The molecule has 0 aliphatic carbocycles. The van der Waals surface area contributed by atoms with Gasteiger partial charge in [-0.05, 0) is 113 Å². The zero-order valence-corrected chi connectivity index (χ0v) is 30.0. The van der Waals surface area contributed by atoms with Crippen molar-refractivity contribution in [1.82, 2.24) is 0 Å². The molecule has 12 aromatic rings. The number of fused-ring (bicyclic) bond motifs is 11. The molecule has 0 aliphatic heterocycles. The van der Waals surface area contributed by atoms with E-state index in [1.807, 2.05) is 17.4 Å². The van der Waals surface area contributed by atoms with E-state index in [4.69, 9.17) is 4.42 Å². The van der Waals surface area contributed by atoms with E-state index in [2.05, 4.69) is 176 Å². The highest BCUT2D eigenvalue weighted by Crippen LogP contribution is 2.45. The van der Waals surface area contributed by atoms with Crippen molar-refractivity contribution < 1.29 is 4.42 Å². The highest BCUT2D eigenvalue weighted by molar-refractivity contribution is 7.26. The Morgan fingerprint density at radius 1 is 0.296 bits per heavy atom. The maximum atomic E-state index is 6.23. The van der Waals surface area contributed by atoms with Gasteiger partial charge in [0, 0.05) is 30.9 Å². The first-order chi connectivity index (χ1) is 26.7. The van der Waals surface area contributed by atoms with E-state index in [-0.39, 0.29) is 0 Å². The highest BCUT2D eigenvalue weighted by Gasteiger charge is 2.17. The maximum absolute atomic E-state index is 6.23. The Morgan fingerprint density at radius 3 is 1.56 bits per heavy atom. The summed E-state index contributed by atoms with van der Waals surface area (Å²) in [5, 5.41) is 15.1. The van der Waals surface area contributed by atoms with Gasteiger partial charge < -0.3 is 4.42 Å². The second kappa shape index (κ2) is 11.4. The van der Waals surface area contributed by atoms with Crippen molar-refractivity contribution in [2.45, 2.75) is 0 Å². The van der Waals surface area contributed by atoms with Gasteiger partial charge in [-0.2, -0.15) is 0 Å². The molecule has 250 valence electrons. The van der Waals surface area contributed by atoms with Crippen molar-refractivity contribution in [2.75, 3.05) is 0 Å². The molecular formula is C52H30OS. The third-order valence-electron chi connectivity index (χ3n) is 11.4. The molecule has 2 heteroatoms. The molecule has 0 aliphatic rings. The molecule has 0 saturated heterocycles. The summed E-state index contributed by atoms with van der Waals surface area (Å²) in [5.74, 6) is 0. The molecule has 2 aromatic heterocycles. The lowest BCUT2D eigenvalue weighted by atomic mass is 9.85. The minimum Gasteiger partial charge on any atom is -0.456 e. The second-order valence-corrected chi connectivity index (χ2v) is 15.5. The molecule has 12 rings (SSSR count). The first kappa shape index (κ1) is 29.8. The molecule has 0 spiro atoms. The maximum Gasteiger partial charge on any atom is 0.136 e. The second-order valence-electron chi connectivity index (χ2n) is 14.4. The fourth-order valence-corrected chi connectivity index (χ4v) is 10.1. The summed E-state index contributed by atoms with van der Waals surface area (Å²) in [6.07, 6.45) is 0. The van der Waals surface area contributed by atoms with Crippen LogP contribution in [0.3, 0.4) is 0 Å². The van der Waals surface area contributed by atoms with Crippen molar-refractivity contribution >= 4 is 96.5 Å². The number of benzene rings is 10. The van der Waals surface area contributed by atoms with Crippen molar-refractivity contribution in [3.05, 3.63) is 182 Å². The molecule has 0 saturated carbocycles. The number of furan rings is 1. The van der Waals surface area contributed by atoms with E-state index in [1.165, 1.54) is 107 Å². The molecule has 0 fully saturated rings. The van der Waals surface area contributed by atoms with Crippen molar-refractivity contribution in [2.24, 2.45) is 0 Å². The van der Waals surface area contributed by atoms with Gasteiger partial charge in [0.25, 0.3) is 0 Å². The summed E-state index contributed by atoms with van der Waals surface area (Å²) in [6, 6.07) is 66.8. The smallest absolute Gasteiger partial charge is 0.136 e. The minimum atomic E-state index is 0.942.